The molecule has 5 nitrogen and oxygen atoms in total. The van der Waals surface area contributed by atoms with Gasteiger partial charge >= 0.3 is 0 Å². The first-order valence-corrected chi connectivity index (χ1v) is 6.84. The molecule has 1 aromatic carbocycles. The van der Waals surface area contributed by atoms with Crippen molar-refractivity contribution >= 4 is 5.69 Å². The molecule has 0 saturated heterocycles. The number of aryl methyl sites for hydroxylation is 1. The fourth-order valence-electron chi connectivity index (χ4n) is 2.39. The minimum Gasteiger partial charge on any atom is -0.383 e. The summed E-state index contributed by atoms with van der Waals surface area (Å²) in [4.78, 5) is 0. The van der Waals surface area contributed by atoms with Crippen molar-refractivity contribution in [3.8, 4) is 5.69 Å². The maximum atomic E-state index is 3.99. The van der Waals surface area contributed by atoms with Crippen LogP contribution in [0.1, 0.15) is 32.0 Å². The molecule has 1 aliphatic rings. The largest absolute Gasteiger partial charge is 0.383 e. The summed E-state index contributed by atoms with van der Waals surface area (Å²) in [5, 5.41) is 15.1. The third-order valence-corrected chi connectivity index (χ3v) is 3.51. The number of rotatable bonds is 5. The van der Waals surface area contributed by atoms with Crippen LogP contribution in [0, 0.1) is 12.8 Å². The van der Waals surface area contributed by atoms with Gasteiger partial charge in [0.05, 0.1) is 5.69 Å². The average molecular weight is 257 g/mol. The number of nitrogens with one attached hydrogen (secondary N) is 1. The highest BCUT2D eigenvalue weighted by molar-refractivity contribution is 5.51. The van der Waals surface area contributed by atoms with Crippen molar-refractivity contribution in [2.45, 2.75) is 39.2 Å². The molecular weight excluding hydrogens is 238 g/mol. The Morgan fingerprint density at radius 3 is 2.95 bits per heavy atom. The summed E-state index contributed by atoms with van der Waals surface area (Å²) in [5.41, 5.74) is 2.12. The van der Waals surface area contributed by atoms with Crippen molar-refractivity contribution < 1.29 is 0 Å². The Bertz CT molecular complexity index is 558. The topological polar surface area (TPSA) is 55.6 Å². The molecule has 0 spiro atoms. The zero-order valence-electron chi connectivity index (χ0n) is 11.4. The van der Waals surface area contributed by atoms with Gasteiger partial charge in [-0.05, 0) is 54.8 Å². The number of hydrogen-bond acceptors (Lipinski definition) is 4. The minimum absolute atomic E-state index is 0.512. The maximum Gasteiger partial charge on any atom is 0.153 e. The van der Waals surface area contributed by atoms with E-state index in [1.807, 2.05) is 19.1 Å². The fourth-order valence-corrected chi connectivity index (χ4v) is 2.39. The van der Waals surface area contributed by atoms with E-state index in [0.717, 1.165) is 23.1 Å². The molecule has 1 fully saturated rings. The molecule has 2 aromatic rings. The van der Waals surface area contributed by atoms with E-state index in [0.29, 0.717) is 6.04 Å². The molecule has 1 N–H and O–H groups in total. The van der Waals surface area contributed by atoms with Crippen molar-refractivity contribution in [2.24, 2.45) is 5.92 Å². The molecule has 0 radical (unpaired) electrons. The highest BCUT2D eigenvalue weighted by Crippen LogP contribution is 2.34. The lowest BCUT2D eigenvalue weighted by Gasteiger charge is -2.15. The molecule has 1 heterocycles. The van der Waals surface area contributed by atoms with Gasteiger partial charge in [-0.25, -0.2) is 0 Å². The highest BCUT2D eigenvalue weighted by atomic mass is 15.5. The Morgan fingerprint density at radius 1 is 1.42 bits per heavy atom. The van der Waals surface area contributed by atoms with Crippen molar-refractivity contribution in [3.63, 3.8) is 0 Å². The van der Waals surface area contributed by atoms with Crippen molar-refractivity contribution in [3.05, 3.63) is 30.1 Å². The van der Waals surface area contributed by atoms with Crippen LogP contribution in [0.25, 0.3) is 5.69 Å². The summed E-state index contributed by atoms with van der Waals surface area (Å²) in [6.45, 7) is 4.14. The second-order valence-corrected chi connectivity index (χ2v) is 5.41. The van der Waals surface area contributed by atoms with E-state index in [2.05, 4.69) is 39.9 Å². The standard InChI is InChI=1S/C14H19N5/c1-10(8-12-6-7-12)15-13-4-3-5-14(9-13)19-11(2)16-17-18-19/h3-5,9-10,12,15H,6-8H2,1-2H3. The zero-order chi connectivity index (χ0) is 13.2. The van der Waals surface area contributed by atoms with Gasteiger partial charge in [-0.3, -0.25) is 0 Å². The van der Waals surface area contributed by atoms with Crippen LogP contribution in [0.3, 0.4) is 0 Å². The number of benzene rings is 1. The Hall–Kier alpha value is -1.91. The van der Waals surface area contributed by atoms with Crippen molar-refractivity contribution in [1.82, 2.24) is 20.2 Å². The first-order chi connectivity index (χ1) is 9.22. The SMILES string of the molecule is Cc1nnnn1-c1cccc(NC(C)CC2CC2)c1. The molecule has 5 heteroatoms. The van der Waals surface area contributed by atoms with Crippen LogP contribution in [0.2, 0.25) is 0 Å². The van der Waals surface area contributed by atoms with Gasteiger partial charge in [0.2, 0.25) is 0 Å². The van der Waals surface area contributed by atoms with E-state index in [1.165, 1.54) is 19.3 Å². The van der Waals surface area contributed by atoms with Gasteiger partial charge in [0, 0.05) is 11.7 Å². The quantitative estimate of drug-likeness (QED) is 0.894. The molecule has 1 unspecified atom stereocenters. The Labute approximate surface area is 113 Å². The van der Waals surface area contributed by atoms with Crippen LogP contribution in [0.15, 0.2) is 24.3 Å². The van der Waals surface area contributed by atoms with E-state index < -0.39 is 0 Å². The van der Waals surface area contributed by atoms with Crippen LogP contribution < -0.4 is 5.32 Å². The van der Waals surface area contributed by atoms with Gasteiger partial charge < -0.3 is 5.32 Å². The normalized spacial score (nSPS) is 16.3. The monoisotopic (exact) mass is 257 g/mol. The van der Waals surface area contributed by atoms with Crippen molar-refractivity contribution in [2.75, 3.05) is 5.32 Å². The molecule has 3 rings (SSSR count). The number of nitrogens with zero attached hydrogens (tertiary/aromatic N) is 4. The van der Waals surface area contributed by atoms with E-state index in [-0.39, 0.29) is 0 Å². The van der Waals surface area contributed by atoms with E-state index in [9.17, 15) is 0 Å². The van der Waals surface area contributed by atoms with Gasteiger partial charge in [-0.1, -0.05) is 18.9 Å². The van der Waals surface area contributed by atoms with E-state index >= 15 is 0 Å². The summed E-state index contributed by atoms with van der Waals surface area (Å²) in [6, 6.07) is 8.74. The average Bonchev–Trinajstić information content (AvgIpc) is 3.08. The Kier molecular flexibility index (Phi) is 3.19. The third kappa shape index (κ3) is 2.92. The minimum atomic E-state index is 0.512. The first kappa shape index (κ1) is 12.1. The molecular formula is C14H19N5. The highest BCUT2D eigenvalue weighted by Gasteiger charge is 2.23. The molecule has 1 aliphatic carbocycles. The molecule has 1 atom stereocenters. The van der Waals surface area contributed by atoms with Gasteiger partial charge in [0.15, 0.2) is 5.82 Å². The van der Waals surface area contributed by atoms with Crippen LogP contribution >= 0.6 is 0 Å². The molecule has 1 saturated carbocycles. The number of tetrazole rings is 1. The molecule has 100 valence electrons. The number of aromatic nitrogens is 4. The van der Waals surface area contributed by atoms with Crippen LogP contribution in [0.4, 0.5) is 5.69 Å². The zero-order valence-corrected chi connectivity index (χ0v) is 11.4. The second-order valence-electron chi connectivity index (χ2n) is 5.41. The molecule has 19 heavy (non-hydrogen) atoms. The fraction of sp³-hybridized carbons (Fsp3) is 0.500. The second kappa shape index (κ2) is 4.99. The smallest absolute Gasteiger partial charge is 0.153 e. The van der Waals surface area contributed by atoms with Crippen LogP contribution in [-0.2, 0) is 0 Å². The molecule has 0 aliphatic heterocycles. The maximum absolute atomic E-state index is 3.99. The van der Waals surface area contributed by atoms with Gasteiger partial charge in [-0.15, -0.1) is 5.10 Å². The van der Waals surface area contributed by atoms with Gasteiger partial charge in [-0.2, -0.15) is 4.68 Å². The summed E-state index contributed by atoms with van der Waals surface area (Å²) >= 11 is 0. The van der Waals surface area contributed by atoms with E-state index in [1.54, 1.807) is 4.68 Å². The van der Waals surface area contributed by atoms with Crippen LogP contribution in [-0.4, -0.2) is 26.2 Å². The van der Waals surface area contributed by atoms with Gasteiger partial charge in [0.25, 0.3) is 0 Å². The number of hydrogen-bond donors (Lipinski definition) is 1. The van der Waals surface area contributed by atoms with Gasteiger partial charge in [0.1, 0.15) is 0 Å². The first-order valence-electron chi connectivity index (χ1n) is 6.84. The summed E-state index contributed by atoms with van der Waals surface area (Å²) in [5.74, 6) is 1.73. The molecule has 0 amide bonds. The lowest BCUT2D eigenvalue weighted by Crippen LogP contribution is -2.15. The van der Waals surface area contributed by atoms with E-state index in [4.69, 9.17) is 0 Å². The summed E-state index contributed by atoms with van der Waals surface area (Å²) < 4.78 is 1.75. The molecule has 1 aromatic heterocycles. The molecule has 0 bridgehead atoms. The predicted molar refractivity (Wildman–Crippen MR) is 74.3 cm³/mol. The van der Waals surface area contributed by atoms with Crippen LogP contribution in [0.5, 0.6) is 0 Å². The summed E-state index contributed by atoms with van der Waals surface area (Å²) in [7, 11) is 0. The predicted octanol–water partition coefficient (Wildman–Crippen LogP) is 2.57. The lowest BCUT2D eigenvalue weighted by molar-refractivity contribution is 0.642. The number of anilines is 1. The third-order valence-electron chi connectivity index (χ3n) is 3.51. The van der Waals surface area contributed by atoms with Crippen molar-refractivity contribution in [1.29, 1.82) is 0 Å². The Morgan fingerprint density at radius 2 is 2.26 bits per heavy atom. The Balaban J connectivity index is 1.74. The summed E-state index contributed by atoms with van der Waals surface area (Å²) in [6.07, 6.45) is 4.06. The lowest BCUT2D eigenvalue weighted by atomic mass is 10.1.